The molecule has 0 saturated heterocycles. The van der Waals surface area contributed by atoms with Crippen LogP contribution in [-0.4, -0.2) is 16.9 Å². The van der Waals surface area contributed by atoms with E-state index in [1.54, 1.807) is 6.07 Å². The molecule has 0 atom stereocenters. The van der Waals surface area contributed by atoms with Crippen LogP contribution >= 0.6 is 0 Å². The van der Waals surface area contributed by atoms with Gasteiger partial charge in [-0.3, -0.25) is 9.59 Å². The van der Waals surface area contributed by atoms with Crippen LogP contribution in [0, 0.1) is 0 Å². The van der Waals surface area contributed by atoms with E-state index < -0.39 is 11.8 Å². The zero-order valence-corrected chi connectivity index (χ0v) is 9.30. The van der Waals surface area contributed by atoms with Crippen LogP contribution in [0.25, 0.3) is 5.57 Å². The van der Waals surface area contributed by atoms with E-state index in [0.717, 1.165) is 16.0 Å². The molecule has 0 spiro atoms. The van der Waals surface area contributed by atoms with Gasteiger partial charge in [-0.1, -0.05) is 18.2 Å². The van der Waals surface area contributed by atoms with E-state index in [4.69, 9.17) is 0 Å². The highest BCUT2D eigenvalue weighted by molar-refractivity contribution is 6.28. The molecule has 0 bridgehead atoms. The van der Waals surface area contributed by atoms with Gasteiger partial charge < -0.3 is 5.11 Å². The Balaban J connectivity index is 2.44. The maximum atomic E-state index is 11.4. The molecule has 0 saturated carbocycles. The van der Waals surface area contributed by atoms with E-state index in [9.17, 15) is 14.7 Å². The van der Waals surface area contributed by atoms with Crippen molar-refractivity contribution in [3.8, 4) is 5.75 Å². The molecule has 1 aromatic rings. The van der Waals surface area contributed by atoms with Gasteiger partial charge in [0.15, 0.2) is 0 Å². The summed E-state index contributed by atoms with van der Waals surface area (Å²) in [6.07, 6.45) is 2.35. The van der Waals surface area contributed by atoms with Gasteiger partial charge in [-0.25, -0.2) is 4.90 Å². The fourth-order valence-electron chi connectivity index (χ4n) is 1.62. The Kier molecular flexibility index (Phi) is 2.55. The first kappa shape index (κ1) is 11.1. The van der Waals surface area contributed by atoms with Gasteiger partial charge in [0.05, 0.1) is 5.69 Å². The van der Waals surface area contributed by atoms with Gasteiger partial charge in [0.25, 0.3) is 11.8 Å². The number of benzene rings is 1. The van der Waals surface area contributed by atoms with Crippen LogP contribution in [0.5, 0.6) is 5.75 Å². The SMILES string of the molecule is C=C(C)c1ccc(N2C(=O)C=CC2=O)c(O)c1. The number of phenolic OH excluding ortho intramolecular Hbond substituents is 1. The number of carbonyl (C=O) groups excluding carboxylic acids is 2. The first-order chi connectivity index (χ1) is 8.00. The molecule has 0 aliphatic carbocycles. The quantitative estimate of drug-likeness (QED) is 0.787. The first-order valence-electron chi connectivity index (χ1n) is 5.05. The Hall–Kier alpha value is -2.36. The number of imide groups is 1. The van der Waals surface area contributed by atoms with Gasteiger partial charge >= 0.3 is 0 Å². The second-order valence-corrected chi connectivity index (χ2v) is 3.83. The average Bonchev–Trinajstić information content (AvgIpc) is 2.59. The Bertz CT molecular complexity index is 540. The molecule has 0 fully saturated rings. The zero-order valence-electron chi connectivity index (χ0n) is 9.30. The van der Waals surface area contributed by atoms with Gasteiger partial charge in [0.1, 0.15) is 5.75 Å². The number of amides is 2. The van der Waals surface area contributed by atoms with Crippen molar-refractivity contribution in [3.05, 3.63) is 42.5 Å². The second-order valence-electron chi connectivity index (χ2n) is 3.83. The van der Waals surface area contributed by atoms with E-state index in [-0.39, 0.29) is 11.4 Å². The highest BCUT2D eigenvalue weighted by Gasteiger charge is 2.27. The van der Waals surface area contributed by atoms with Crippen molar-refractivity contribution < 1.29 is 14.7 Å². The van der Waals surface area contributed by atoms with E-state index in [0.29, 0.717) is 0 Å². The molecule has 0 unspecified atom stereocenters. The minimum absolute atomic E-state index is 0.115. The highest BCUT2D eigenvalue weighted by atomic mass is 16.3. The molecular weight excluding hydrogens is 218 g/mol. The lowest BCUT2D eigenvalue weighted by atomic mass is 10.1. The van der Waals surface area contributed by atoms with Gasteiger partial charge in [-0.15, -0.1) is 0 Å². The van der Waals surface area contributed by atoms with Crippen molar-refractivity contribution in [2.24, 2.45) is 0 Å². The molecule has 86 valence electrons. The van der Waals surface area contributed by atoms with E-state index in [1.165, 1.54) is 24.3 Å². The van der Waals surface area contributed by atoms with Crippen molar-refractivity contribution in [2.45, 2.75) is 6.92 Å². The van der Waals surface area contributed by atoms with Crippen LogP contribution in [0.15, 0.2) is 36.9 Å². The fourth-order valence-corrected chi connectivity index (χ4v) is 1.62. The smallest absolute Gasteiger partial charge is 0.258 e. The van der Waals surface area contributed by atoms with Crippen molar-refractivity contribution in [2.75, 3.05) is 4.90 Å². The molecule has 1 N–H and O–H groups in total. The molecule has 2 rings (SSSR count). The maximum absolute atomic E-state index is 11.4. The van der Waals surface area contributed by atoms with E-state index >= 15 is 0 Å². The third-order valence-corrected chi connectivity index (χ3v) is 2.52. The Morgan fingerprint density at radius 1 is 1.24 bits per heavy atom. The van der Waals surface area contributed by atoms with Crippen LogP contribution < -0.4 is 4.90 Å². The van der Waals surface area contributed by atoms with Crippen molar-refractivity contribution >= 4 is 23.1 Å². The lowest BCUT2D eigenvalue weighted by Gasteiger charge is -2.16. The van der Waals surface area contributed by atoms with Gasteiger partial charge in [-0.2, -0.15) is 0 Å². The second kappa shape index (κ2) is 3.90. The third-order valence-electron chi connectivity index (χ3n) is 2.52. The van der Waals surface area contributed by atoms with Crippen molar-refractivity contribution in [3.63, 3.8) is 0 Å². The molecular formula is C13H11NO3. The van der Waals surface area contributed by atoms with E-state index in [2.05, 4.69) is 6.58 Å². The number of nitrogens with zero attached hydrogens (tertiary/aromatic N) is 1. The predicted octanol–water partition coefficient (Wildman–Crippen LogP) is 1.85. The molecule has 4 heteroatoms. The molecule has 4 nitrogen and oxygen atoms in total. The number of aromatic hydroxyl groups is 1. The summed E-state index contributed by atoms with van der Waals surface area (Å²) >= 11 is 0. The Labute approximate surface area is 98.5 Å². The summed E-state index contributed by atoms with van der Waals surface area (Å²) < 4.78 is 0. The normalized spacial score (nSPS) is 14.5. The highest BCUT2D eigenvalue weighted by Crippen LogP contribution is 2.31. The minimum Gasteiger partial charge on any atom is -0.506 e. The lowest BCUT2D eigenvalue weighted by Crippen LogP contribution is -2.29. The van der Waals surface area contributed by atoms with Crippen LogP contribution in [0.1, 0.15) is 12.5 Å². The molecule has 0 radical (unpaired) electrons. The van der Waals surface area contributed by atoms with Crippen LogP contribution in [0.2, 0.25) is 0 Å². The van der Waals surface area contributed by atoms with Crippen LogP contribution in [0.3, 0.4) is 0 Å². The van der Waals surface area contributed by atoms with Gasteiger partial charge in [0, 0.05) is 12.2 Å². The van der Waals surface area contributed by atoms with Crippen molar-refractivity contribution in [1.82, 2.24) is 0 Å². The van der Waals surface area contributed by atoms with Crippen LogP contribution in [0.4, 0.5) is 5.69 Å². The minimum atomic E-state index is -0.451. The fraction of sp³-hybridized carbons (Fsp3) is 0.0769. The summed E-state index contributed by atoms with van der Waals surface area (Å²) in [5.74, 6) is -1.02. The number of hydrogen-bond donors (Lipinski definition) is 1. The van der Waals surface area contributed by atoms with E-state index in [1.807, 2.05) is 6.92 Å². The number of phenols is 1. The summed E-state index contributed by atoms with van der Waals surface area (Å²) in [7, 11) is 0. The number of carbonyl (C=O) groups is 2. The van der Waals surface area contributed by atoms with Crippen LogP contribution in [-0.2, 0) is 9.59 Å². The molecule has 0 aromatic heterocycles. The topological polar surface area (TPSA) is 57.6 Å². The predicted molar refractivity (Wildman–Crippen MR) is 64.4 cm³/mol. The molecule has 2 amide bonds. The molecule has 1 heterocycles. The molecule has 1 aliphatic heterocycles. The average molecular weight is 229 g/mol. The standard InChI is InChI=1S/C13H11NO3/c1-8(2)9-3-4-10(11(15)7-9)14-12(16)5-6-13(14)17/h3-7,15H,1H2,2H3. The maximum Gasteiger partial charge on any atom is 0.258 e. The number of allylic oxidation sites excluding steroid dienone is 1. The summed E-state index contributed by atoms with van der Waals surface area (Å²) in [4.78, 5) is 23.8. The largest absolute Gasteiger partial charge is 0.506 e. The van der Waals surface area contributed by atoms with Gasteiger partial charge in [-0.05, 0) is 24.6 Å². The summed E-state index contributed by atoms with van der Waals surface area (Å²) in [6.45, 7) is 5.56. The number of hydrogen-bond acceptors (Lipinski definition) is 3. The number of anilines is 1. The van der Waals surface area contributed by atoms with Crippen molar-refractivity contribution in [1.29, 1.82) is 0 Å². The monoisotopic (exact) mass is 229 g/mol. The van der Waals surface area contributed by atoms with Gasteiger partial charge in [0.2, 0.25) is 0 Å². The lowest BCUT2D eigenvalue weighted by molar-refractivity contribution is -0.120. The third kappa shape index (κ3) is 1.85. The molecule has 17 heavy (non-hydrogen) atoms. The summed E-state index contributed by atoms with van der Waals surface area (Å²) in [6, 6.07) is 4.72. The number of rotatable bonds is 2. The molecule has 1 aromatic carbocycles. The first-order valence-corrected chi connectivity index (χ1v) is 5.05. The Morgan fingerprint density at radius 3 is 2.29 bits per heavy atom. The zero-order chi connectivity index (χ0) is 12.6. The molecule has 1 aliphatic rings. The summed E-state index contributed by atoms with van der Waals surface area (Å²) in [5, 5.41) is 9.82. The Morgan fingerprint density at radius 2 is 1.82 bits per heavy atom. The summed E-state index contributed by atoms with van der Waals surface area (Å²) in [5.41, 5.74) is 1.75.